The van der Waals surface area contributed by atoms with Gasteiger partial charge in [0.1, 0.15) is 10.6 Å². The van der Waals surface area contributed by atoms with Gasteiger partial charge in [0.25, 0.3) is 5.91 Å². The Morgan fingerprint density at radius 2 is 1.72 bits per heavy atom. The van der Waals surface area contributed by atoms with Gasteiger partial charge in [-0.15, -0.1) is 0 Å². The van der Waals surface area contributed by atoms with Gasteiger partial charge in [-0.25, -0.2) is 14.8 Å². The summed E-state index contributed by atoms with van der Waals surface area (Å²) < 4.78 is 5.14. The number of carbonyl (C=O) groups excluding carboxylic acids is 2. The molecule has 7 nitrogen and oxygen atoms in total. The maximum atomic E-state index is 12.6. The number of hydrogen-bond donors (Lipinski definition) is 1. The highest BCUT2D eigenvalue weighted by Gasteiger charge is 2.22. The Labute approximate surface area is 170 Å². The quantitative estimate of drug-likeness (QED) is 0.502. The molecule has 1 N–H and O–H groups in total. The van der Waals surface area contributed by atoms with E-state index in [9.17, 15) is 9.59 Å². The number of rotatable bonds is 5. The van der Waals surface area contributed by atoms with Crippen molar-refractivity contribution in [2.75, 3.05) is 11.9 Å². The molecular formula is C21H16N4O3S. The highest BCUT2D eigenvalue weighted by molar-refractivity contribution is 7.18. The van der Waals surface area contributed by atoms with Crippen LogP contribution < -0.4 is 5.32 Å². The average Bonchev–Trinajstić information content (AvgIpc) is 3.18. The SMILES string of the molecule is CCOC(=O)c1sc(NC(=O)c2cnc3ccccc3n2)nc1-c1ccccc1. The van der Waals surface area contributed by atoms with Crippen LogP contribution in [0.4, 0.5) is 5.13 Å². The molecule has 144 valence electrons. The third-order valence-corrected chi connectivity index (χ3v) is 4.99. The van der Waals surface area contributed by atoms with E-state index in [2.05, 4.69) is 20.3 Å². The summed E-state index contributed by atoms with van der Waals surface area (Å²) in [6.45, 7) is 1.99. The minimum Gasteiger partial charge on any atom is -0.462 e. The van der Waals surface area contributed by atoms with E-state index in [1.54, 1.807) is 13.0 Å². The van der Waals surface area contributed by atoms with E-state index in [0.717, 1.165) is 16.9 Å². The van der Waals surface area contributed by atoms with Gasteiger partial charge in [-0.2, -0.15) is 0 Å². The summed E-state index contributed by atoms with van der Waals surface area (Å²) in [6.07, 6.45) is 1.41. The molecule has 2 heterocycles. The number of esters is 1. The molecule has 0 radical (unpaired) electrons. The smallest absolute Gasteiger partial charge is 0.350 e. The van der Waals surface area contributed by atoms with Crippen LogP contribution in [0.25, 0.3) is 22.3 Å². The summed E-state index contributed by atoms with van der Waals surface area (Å²) >= 11 is 1.06. The van der Waals surface area contributed by atoms with Gasteiger partial charge in [-0.1, -0.05) is 53.8 Å². The van der Waals surface area contributed by atoms with E-state index in [1.165, 1.54) is 6.20 Å². The second-order valence-electron chi connectivity index (χ2n) is 5.98. The summed E-state index contributed by atoms with van der Waals surface area (Å²) in [6, 6.07) is 16.6. The van der Waals surface area contributed by atoms with E-state index in [4.69, 9.17) is 4.74 Å². The lowest BCUT2D eigenvalue weighted by Gasteiger charge is -2.02. The number of hydrogen-bond acceptors (Lipinski definition) is 7. The number of aromatic nitrogens is 3. The molecule has 0 aliphatic rings. The third-order valence-electron chi connectivity index (χ3n) is 4.04. The van der Waals surface area contributed by atoms with Gasteiger partial charge in [0.05, 0.1) is 29.5 Å². The summed E-state index contributed by atoms with van der Waals surface area (Å²) in [5, 5.41) is 2.99. The Morgan fingerprint density at radius 1 is 1.00 bits per heavy atom. The van der Waals surface area contributed by atoms with Crippen molar-refractivity contribution in [1.29, 1.82) is 0 Å². The van der Waals surface area contributed by atoms with Crippen molar-refractivity contribution in [3.63, 3.8) is 0 Å². The second-order valence-corrected chi connectivity index (χ2v) is 6.98. The largest absolute Gasteiger partial charge is 0.462 e. The monoisotopic (exact) mass is 404 g/mol. The van der Waals surface area contributed by atoms with E-state index in [-0.39, 0.29) is 17.4 Å². The predicted octanol–water partition coefficient (Wildman–Crippen LogP) is 4.18. The van der Waals surface area contributed by atoms with E-state index < -0.39 is 11.9 Å². The lowest BCUT2D eigenvalue weighted by molar-refractivity contribution is 0.0532. The van der Waals surface area contributed by atoms with Crippen molar-refractivity contribution in [3.05, 3.63) is 71.4 Å². The molecular weight excluding hydrogens is 388 g/mol. The Balaban J connectivity index is 1.65. The molecule has 2 aromatic heterocycles. The van der Waals surface area contributed by atoms with Crippen molar-refractivity contribution in [2.45, 2.75) is 6.92 Å². The number of amides is 1. The van der Waals surface area contributed by atoms with Crippen LogP contribution in [0.2, 0.25) is 0 Å². The van der Waals surface area contributed by atoms with Crippen molar-refractivity contribution in [3.8, 4) is 11.3 Å². The summed E-state index contributed by atoms with van der Waals surface area (Å²) in [7, 11) is 0. The summed E-state index contributed by atoms with van der Waals surface area (Å²) in [4.78, 5) is 38.4. The fourth-order valence-electron chi connectivity index (χ4n) is 2.73. The molecule has 0 aliphatic heterocycles. The lowest BCUT2D eigenvalue weighted by Crippen LogP contribution is -2.14. The number of nitrogens with one attached hydrogen (secondary N) is 1. The average molecular weight is 404 g/mol. The number of benzene rings is 2. The predicted molar refractivity (Wildman–Crippen MR) is 111 cm³/mol. The topological polar surface area (TPSA) is 94.1 Å². The first-order valence-corrected chi connectivity index (χ1v) is 9.74. The van der Waals surface area contributed by atoms with Crippen molar-refractivity contribution >= 4 is 39.4 Å². The molecule has 0 unspecified atom stereocenters. The zero-order valence-electron chi connectivity index (χ0n) is 15.5. The standard InChI is InChI=1S/C21H16N4O3S/c1-2-28-20(27)18-17(13-8-4-3-5-9-13)24-21(29-18)25-19(26)16-12-22-14-10-6-7-11-15(14)23-16/h3-12H,2H2,1H3,(H,24,25,26). The summed E-state index contributed by atoms with van der Waals surface area (Å²) in [5.74, 6) is -0.929. The van der Waals surface area contributed by atoms with Gasteiger partial charge in [0, 0.05) is 5.56 Å². The molecule has 0 saturated heterocycles. The Bertz CT molecular complexity index is 1190. The van der Waals surface area contributed by atoms with Gasteiger partial charge in [0.2, 0.25) is 0 Å². The fourth-order valence-corrected chi connectivity index (χ4v) is 3.60. The van der Waals surface area contributed by atoms with Crippen LogP contribution in [0.1, 0.15) is 27.1 Å². The molecule has 0 aliphatic carbocycles. The summed E-state index contributed by atoms with van der Waals surface area (Å²) in [5.41, 5.74) is 2.72. The van der Waals surface area contributed by atoms with Crippen LogP contribution in [-0.4, -0.2) is 33.4 Å². The molecule has 0 fully saturated rings. The normalized spacial score (nSPS) is 10.7. The Kier molecular flexibility index (Phi) is 5.26. The Hall–Kier alpha value is -3.65. The van der Waals surface area contributed by atoms with Crippen molar-refractivity contribution < 1.29 is 14.3 Å². The first-order valence-electron chi connectivity index (χ1n) is 8.92. The van der Waals surface area contributed by atoms with Gasteiger partial charge >= 0.3 is 5.97 Å². The van der Waals surface area contributed by atoms with Gasteiger partial charge < -0.3 is 4.74 Å². The number of fused-ring (bicyclic) bond motifs is 1. The first kappa shape index (κ1) is 18.7. The Morgan fingerprint density at radius 3 is 2.48 bits per heavy atom. The molecule has 0 saturated carbocycles. The molecule has 8 heteroatoms. The molecule has 2 aromatic carbocycles. The van der Waals surface area contributed by atoms with Crippen LogP contribution in [0.5, 0.6) is 0 Å². The van der Waals surface area contributed by atoms with E-state index >= 15 is 0 Å². The van der Waals surface area contributed by atoms with Crippen LogP contribution in [0.15, 0.2) is 60.8 Å². The molecule has 0 bridgehead atoms. The van der Waals surface area contributed by atoms with E-state index in [0.29, 0.717) is 21.6 Å². The number of para-hydroxylation sites is 2. The van der Waals surface area contributed by atoms with E-state index in [1.807, 2.05) is 48.5 Å². The van der Waals surface area contributed by atoms with Crippen LogP contribution in [0.3, 0.4) is 0 Å². The molecule has 0 spiro atoms. The molecule has 4 rings (SSSR count). The second kappa shape index (κ2) is 8.15. The van der Waals surface area contributed by atoms with Crippen molar-refractivity contribution in [2.24, 2.45) is 0 Å². The molecule has 0 atom stereocenters. The zero-order chi connectivity index (χ0) is 20.2. The third kappa shape index (κ3) is 3.97. The maximum Gasteiger partial charge on any atom is 0.350 e. The van der Waals surface area contributed by atoms with Gasteiger partial charge in [0.15, 0.2) is 5.13 Å². The highest BCUT2D eigenvalue weighted by Crippen LogP contribution is 2.32. The van der Waals surface area contributed by atoms with Crippen molar-refractivity contribution in [1.82, 2.24) is 15.0 Å². The van der Waals surface area contributed by atoms with Gasteiger partial charge in [-0.05, 0) is 19.1 Å². The minimum atomic E-state index is -0.477. The number of anilines is 1. The number of nitrogens with zero attached hydrogens (tertiary/aromatic N) is 3. The maximum absolute atomic E-state index is 12.6. The molecule has 29 heavy (non-hydrogen) atoms. The minimum absolute atomic E-state index is 0.165. The molecule has 1 amide bonds. The zero-order valence-corrected chi connectivity index (χ0v) is 16.3. The first-order chi connectivity index (χ1) is 14.2. The fraction of sp³-hybridized carbons (Fsp3) is 0.0952. The highest BCUT2D eigenvalue weighted by atomic mass is 32.1. The number of ether oxygens (including phenoxy) is 1. The number of thiazole rings is 1. The van der Waals surface area contributed by atoms with Crippen LogP contribution in [-0.2, 0) is 4.74 Å². The van der Waals surface area contributed by atoms with Crippen LogP contribution >= 0.6 is 11.3 Å². The van der Waals surface area contributed by atoms with Crippen LogP contribution in [0, 0.1) is 0 Å². The van der Waals surface area contributed by atoms with Gasteiger partial charge in [-0.3, -0.25) is 15.1 Å². The number of carbonyl (C=O) groups is 2. The molecule has 4 aromatic rings. The lowest BCUT2D eigenvalue weighted by atomic mass is 10.1.